The van der Waals surface area contributed by atoms with E-state index in [-0.39, 0.29) is 11.7 Å². The lowest BCUT2D eigenvalue weighted by molar-refractivity contribution is 0.460. The number of halogens is 2. The van der Waals surface area contributed by atoms with Crippen LogP contribution < -0.4 is 4.74 Å². The zero-order valence-corrected chi connectivity index (χ0v) is 10.8. The molecule has 0 atom stereocenters. The van der Waals surface area contributed by atoms with Crippen molar-refractivity contribution in [1.29, 1.82) is 5.26 Å². The minimum atomic E-state index is 0.0510. The first-order chi connectivity index (χ1) is 8.58. The van der Waals surface area contributed by atoms with Gasteiger partial charge in [-0.3, -0.25) is 0 Å². The van der Waals surface area contributed by atoms with Crippen molar-refractivity contribution < 1.29 is 4.74 Å². The molecule has 0 aliphatic carbocycles. The first-order valence-electron chi connectivity index (χ1n) is 4.97. The van der Waals surface area contributed by atoms with Gasteiger partial charge in [0.25, 0.3) is 0 Å². The average molecular weight is 280 g/mol. The van der Waals surface area contributed by atoms with Crippen LogP contribution in [-0.2, 0) is 0 Å². The Morgan fingerprint density at radius 3 is 2.67 bits per heavy atom. The van der Waals surface area contributed by atoms with Crippen molar-refractivity contribution in [2.75, 3.05) is 0 Å². The Morgan fingerprint density at radius 1 is 1.22 bits per heavy atom. The lowest BCUT2D eigenvalue weighted by Crippen LogP contribution is -1.96. The number of nitrogens with zero attached hydrogens (tertiary/aromatic N) is 3. The molecule has 1 aromatic heterocycles. The Balaban J connectivity index is 2.34. The third kappa shape index (κ3) is 2.89. The van der Waals surface area contributed by atoms with Gasteiger partial charge in [-0.05, 0) is 25.1 Å². The van der Waals surface area contributed by atoms with Crippen LogP contribution in [-0.4, -0.2) is 9.97 Å². The van der Waals surface area contributed by atoms with E-state index in [1.807, 2.05) is 6.07 Å². The molecule has 0 amide bonds. The van der Waals surface area contributed by atoms with Crippen molar-refractivity contribution in [3.63, 3.8) is 0 Å². The average Bonchev–Trinajstić information content (AvgIpc) is 2.32. The van der Waals surface area contributed by atoms with Crippen LogP contribution >= 0.6 is 23.2 Å². The van der Waals surface area contributed by atoms with E-state index in [1.54, 1.807) is 31.2 Å². The highest BCUT2D eigenvalue weighted by molar-refractivity contribution is 6.35. The molecule has 2 aromatic rings. The van der Waals surface area contributed by atoms with Gasteiger partial charge in [0.1, 0.15) is 11.8 Å². The first-order valence-corrected chi connectivity index (χ1v) is 5.73. The summed E-state index contributed by atoms with van der Waals surface area (Å²) in [5.41, 5.74) is 0.640. The molecule has 0 saturated carbocycles. The number of ether oxygens (including phenoxy) is 1. The second-order valence-corrected chi connectivity index (χ2v) is 4.30. The Bertz CT molecular complexity index is 638. The van der Waals surface area contributed by atoms with Crippen LogP contribution in [0.15, 0.2) is 24.3 Å². The summed E-state index contributed by atoms with van der Waals surface area (Å²) in [6.07, 6.45) is 0. The number of rotatable bonds is 2. The van der Waals surface area contributed by atoms with Crippen LogP contribution in [0.2, 0.25) is 10.0 Å². The van der Waals surface area contributed by atoms with Crippen LogP contribution in [0.3, 0.4) is 0 Å². The molecule has 2 rings (SSSR count). The van der Waals surface area contributed by atoms with Crippen LogP contribution in [0.5, 0.6) is 11.6 Å². The topological polar surface area (TPSA) is 58.8 Å². The Morgan fingerprint density at radius 2 is 2.00 bits per heavy atom. The summed E-state index contributed by atoms with van der Waals surface area (Å²) < 4.78 is 5.49. The smallest absolute Gasteiger partial charge is 0.235 e. The molecule has 1 aromatic carbocycles. The zero-order chi connectivity index (χ0) is 13.1. The molecular weight excluding hydrogens is 273 g/mol. The van der Waals surface area contributed by atoms with Gasteiger partial charge in [-0.2, -0.15) is 10.2 Å². The van der Waals surface area contributed by atoms with E-state index in [1.165, 1.54) is 0 Å². The third-order valence-electron chi connectivity index (χ3n) is 2.04. The Labute approximate surface area is 114 Å². The molecule has 0 saturated heterocycles. The van der Waals surface area contributed by atoms with Crippen molar-refractivity contribution in [2.45, 2.75) is 6.92 Å². The van der Waals surface area contributed by atoms with Crippen LogP contribution in [0.4, 0.5) is 0 Å². The van der Waals surface area contributed by atoms with E-state index >= 15 is 0 Å². The van der Waals surface area contributed by atoms with E-state index in [0.717, 1.165) is 0 Å². The third-order valence-corrected chi connectivity index (χ3v) is 2.57. The van der Waals surface area contributed by atoms with E-state index in [0.29, 0.717) is 21.5 Å². The molecule has 18 heavy (non-hydrogen) atoms. The molecule has 0 fully saturated rings. The van der Waals surface area contributed by atoms with Crippen molar-refractivity contribution >= 4 is 23.2 Å². The van der Waals surface area contributed by atoms with Crippen LogP contribution in [0.25, 0.3) is 0 Å². The summed E-state index contributed by atoms with van der Waals surface area (Å²) in [6, 6.07) is 8.33. The predicted octanol–water partition coefficient (Wildman–Crippen LogP) is 3.76. The van der Waals surface area contributed by atoms with Gasteiger partial charge >= 0.3 is 0 Å². The molecule has 0 unspecified atom stereocenters. The highest BCUT2D eigenvalue weighted by Gasteiger charge is 2.07. The van der Waals surface area contributed by atoms with Gasteiger partial charge in [0, 0.05) is 16.8 Å². The highest BCUT2D eigenvalue weighted by atomic mass is 35.5. The number of hydrogen-bond donors (Lipinski definition) is 0. The quantitative estimate of drug-likeness (QED) is 0.840. The molecule has 0 radical (unpaired) electrons. The fourth-order valence-electron chi connectivity index (χ4n) is 1.31. The fourth-order valence-corrected chi connectivity index (χ4v) is 1.76. The van der Waals surface area contributed by atoms with Crippen molar-refractivity contribution in [2.24, 2.45) is 0 Å². The first kappa shape index (κ1) is 12.6. The number of nitriles is 1. The lowest BCUT2D eigenvalue weighted by Gasteiger charge is -2.07. The molecule has 0 aliphatic heterocycles. The van der Waals surface area contributed by atoms with Gasteiger partial charge < -0.3 is 4.74 Å². The maximum absolute atomic E-state index is 8.77. The van der Waals surface area contributed by atoms with Gasteiger partial charge in [-0.1, -0.05) is 23.2 Å². The van der Waals surface area contributed by atoms with Crippen molar-refractivity contribution in [3.05, 3.63) is 45.8 Å². The molecule has 6 heteroatoms. The van der Waals surface area contributed by atoms with Crippen LogP contribution in [0, 0.1) is 18.3 Å². The number of hydrogen-bond acceptors (Lipinski definition) is 4. The number of benzene rings is 1. The van der Waals surface area contributed by atoms with Crippen molar-refractivity contribution in [1.82, 2.24) is 9.97 Å². The number of aromatic nitrogens is 2. The maximum Gasteiger partial charge on any atom is 0.235 e. The van der Waals surface area contributed by atoms with Gasteiger partial charge in [0.05, 0.1) is 5.02 Å². The lowest BCUT2D eigenvalue weighted by atomic mass is 10.3. The predicted molar refractivity (Wildman–Crippen MR) is 68.0 cm³/mol. The van der Waals surface area contributed by atoms with Crippen molar-refractivity contribution in [3.8, 4) is 17.7 Å². The summed E-state index contributed by atoms with van der Waals surface area (Å²) in [6.45, 7) is 1.75. The van der Waals surface area contributed by atoms with E-state index in [4.69, 9.17) is 33.2 Å². The normalized spacial score (nSPS) is 9.89. The standard InChI is InChI=1S/C12H7Cl2N3O/c1-7-4-12(17-11(6-15)16-7)18-10-3-2-8(13)5-9(10)14/h2-5H,1H3. The van der Waals surface area contributed by atoms with Gasteiger partial charge in [-0.25, -0.2) is 4.98 Å². The summed E-state index contributed by atoms with van der Waals surface area (Å²) in [7, 11) is 0. The maximum atomic E-state index is 8.77. The second kappa shape index (κ2) is 5.21. The fraction of sp³-hybridized carbons (Fsp3) is 0.0833. The van der Waals surface area contributed by atoms with E-state index in [9.17, 15) is 0 Å². The molecule has 4 nitrogen and oxygen atoms in total. The number of aryl methyl sites for hydroxylation is 1. The van der Waals surface area contributed by atoms with Gasteiger partial charge in [0.2, 0.25) is 11.7 Å². The monoisotopic (exact) mass is 279 g/mol. The molecule has 90 valence electrons. The Hall–Kier alpha value is -1.83. The van der Waals surface area contributed by atoms with E-state index < -0.39 is 0 Å². The van der Waals surface area contributed by atoms with E-state index in [2.05, 4.69) is 9.97 Å². The minimum absolute atomic E-state index is 0.0510. The Kier molecular flexibility index (Phi) is 3.66. The summed E-state index contributed by atoms with van der Waals surface area (Å²) >= 11 is 11.8. The molecule has 0 aliphatic rings. The summed E-state index contributed by atoms with van der Waals surface area (Å²) in [5, 5.41) is 9.66. The van der Waals surface area contributed by atoms with Crippen LogP contribution in [0.1, 0.15) is 11.5 Å². The summed E-state index contributed by atoms with van der Waals surface area (Å²) in [5.74, 6) is 0.737. The zero-order valence-electron chi connectivity index (χ0n) is 9.32. The SMILES string of the molecule is Cc1cc(Oc2ccc(Cl)cc2Cl)nc(C#N)n1. The molecule has 1 heterocycles. The molecule has 0 spiro atoms. The van der Waals surface area contributed by atoms with Gasteiger partial charge in [-0.15, -0.1) is 0 Å². The molecule has 0 N–H and O–H groups in total. The minimum Gasteiger partial charge on any atom is -0.437 e. The summed E-state index contributed by atoms with van der Waals surface area (Å²) in [4.78, 5) is 7.85. The van der Waals surface area contributed by atoms with Gasteiger partial charge in [0.15, 0.2) is 0 Å². The highest BCUT2D eigenvalue weighted by Crippen LogP contribution is 2.30. The largest absolute Gasteiger partial charge is 0.437 e. The molecule has 0 bridgehead atoms. The second-order valence-electron chi connectivity index (χ2n) is 3.46. The molecular formula is C12H7Cl2N3O.